The lowest BCUT2D eigenvalue weighted by Crippen LogP contribution is -2.12. The van der Waals surface area contributed by atoms with Crippen molar-refractivity contribution in [3.05, 3.63) is 0 Å². The Kier molecular flexibility index (Phi) is 15.3. The van der Waals surface area contributed by atoms with Crippen molar-refractivity contribution in [3.63, 3.8) is 0 Å². The molecule has 0 nitrogen and oxygen atoms in total. The van der Waals surface area contributed by atoms with Crippen LogP contribution in [0.3, 0.4) is 0 Å². The Morgan fingerprint density at radius 1 is 0.500 bits per heavy atom. The highest BCUT2D eigenvalue weighted by atomic mass is 31.2. The SMILES string of the molecule is CCCCCCCCCC(CCCCCCCC)[P+](C)(C)C. The van der Waals surface area contributed by atoms with Crippen molar-refractivity contribution >= 4 is 7.26 Å². The van der Waals surface area contributed by atoms with Crippen LogP contribution in [0.5, 0.6) is 0 Å². The molecule has 0 aromatic carbocycles. The van der Waals surface area contributed by atoms with Crippen LogP contribution in [0.15, 0.2) is 0 Å². The molecular weight excluding hydrogens is 283 g/mol. The maximum Gasteiger partial charge on any atom is 0.0689 e. The Morgan fingerprint density at radius 3 is 1.14 bits per heavy atom. The molecule has 0 rings (SSSR count). The van der Waals surface area contributed by atoms with Crippen molar-refractivity contribution < 1.29 is 0 Å². The highest BCUT2D eigenvalue weighted by molar-refractivity contribution is 7.74. The summed E-state index contributed by atoms with van der Waals surface area (Å²) >= 11 is 0. The molecule has 0 aliphatic rings. The summed E-state index contributed by atoms with van der Waals surface area (Å²) in [5, 5.41) is 0. The first-order valence-corrected chi connectivity index (χ1v) is 13.5. The zero-order chi connectivity index (χ0) is 16.7. The van der Waals surface area contributed by atoms with E-state index in [1.54, 1.807) is 0 Å². The van der Waals surface area contributed by atoms with E-state index in [1.807, 2.05) is 0 Å². The Bertz CT molecular complexity index is 216. The average Bonchev–Trinajstić information content (AvgIpc) is 2.46. The van der Waals surface area contributed by atoms with Crippen LogP contribution in [0, 0.1) is 0 Å². The van der Waals surface area contributed by atoms with Crippen molar-refractivity contribution in [1.29, 1.82) is 0 Å². The number of unbranched alkanes of at least 4 members (excludes halogenated alkanes) is 11. The molecule has 0 heterocycles. The summed E-state index contributed by atoms with van der Waals surface area (Å²) in [5.41, 5.74) is 1.05. The van der Waals surface area contributed by atoms with Crippen LogP contribution >= 0.6 is 7.26 Å². The molecule has 0 aliphatic heterocycles. The Morgan fingerprint density at radius 2 is 0.818 bits per heavy atom. The monoisotopic (exact) mass is 329 g/mol. The largest absolute Gasteiger partial charge is 0.0689 e. The standard InChI is InChI=1S/C21H46P/c1-6-8-10-12-14-16-18-20-21(22(3,4)5)19-17-15-13-11-9-7-2/h21H,6-20H2,1-5H3/q+1. The van der Waals surface area contributed by atoms with E-state index in [-0.39, 0.29) is 0 Å². The molecular formula is C21H46P+. The molecule has 0 saturated heterocycles. The molecule has 1 heteroatoms. The third kappa shape index (κ3) is 14.0. The predicted molar refractivity (Wildman–Crippen MR) is 109 cm³/mol. The van der Waals surface area contributed by atoms with Crippen molar-refractivity contribution in [2.24, 2.45) is 0 Å². The predicted octanol–water partition coefficient (Wildman–Crippen LogP) is 8.15. The highest BCUT2D eigenvalue weighted by Gasteiger charge is 2.29. The zero-order valence-corrected chi connectivity index (χ0v) is 17.5. The molecule has 0 aromatic heterocycles. The van der Waals surface area contributed by atoms with E-state index in [0.29, 0.717) is 0 Å². The lowest BCUT2D eigenvalue weighted by atomic mass is 10.0. The fourth-order valence-corrected chi connectivity index (χ4v) is 5.33. The van der Waals surface area contributed by atoms with Crippen LogP contribution in [0.1, 0.15) is 110 Å². The van der Waals surface area contributed by atoms with Gasteiger partial charge in [-0.15, -0.1) is 0 Å². The topological polar surface area (TPSA) is 0 Å². The van der Waals surface area contributed by atoms with Gasteiger partial charge in [0.25, 0.3) is 0 Å². The molecule has 0 aliphatic carbocycles. The minimum atomic E-state index is -0.653. The van der Waals surface area contributed by atoms with Crippen LogP contribution in [0.25, 0.3) is 0 Å². The van der Waals surface area contributed by atoms with E-state index in [9.17, 15) is 0 Å². The zero-order valence-electron chi connectivity index (χ0n) is 16.6. The van der Waals surface area contributed by atoms with E-state index in [2.05, 4.69) is 33.8 Å². The lowest BCUT2D eigenvalue weighted by Gasteiger charge is -2.25. The molecule has 22 heavy (non-hydrogen) atoms. The average molecular weight is 330 g/mol. The fourth-order valence-electron chi connectivity index (χ4n) is 3.42. The Balaban J connectivity index is 3.71. The van der Waals surface area contributed by atoms with Gasteiger partial charge in [-0.25, -0.2) is 0 Å². The Hall–Kier alpha value is 0.430. The molecule has 0 radical (unpaired) electrons. The fraction of sp³-hybridized carbons (Fsp3) is 1.00. The third-order valence-corrected chi connectivity index (χ3v) is 7.83. The molecule has 134 valence electrons. The van der Waals surface area contributed by atoms with E-state index in [1.165, 1.54) is 96.3 Å². The molecule has 0 fully saturated rings. The summed E-state index contributed by atoms with van der Waals surface area (Å²) in [5.74, 6) is 0. The summed E-state index contributed by atoms with van der Waals surface area (Å²) in [4.78, 5) is 0. The van der Waals surface area contributed by atoms with Crippen LogP contribution in [0.4, 0.5) is 0 Å². The summed E-state index contributed by atoms with van der Waals surface area (Å²) < 4.78 is 0. The van der Waals surface area contributed by atoms with Gasteiger partial charge in [0.1, 0.15) is 0 Å². The smallest absolute Gasteiger partial charge is 0.0654 e. The molecule has 1 unspecified atom stereocenters. The number of rotatable bonds is 16. The summed E-state index contributed by atoms with van der Waals surface area (Å²) in [6.45, 7) is 12.3. The van der Waals surface area contributed by atoms with Gasteiger partial charge in [0.15, 0.2) is 0 Å². The van der Waals surface area contributed by atoms with E-state index in [0.717, 1.165) is 5.66 Å². The van der Waals surface area contributed by atoms with Gasteiger partial charge in [0, 0.05) is 27.3 Å². The van der Waals surface area contributed by atoms with Crippen LogP contribution < -0.4 is 0 Å². The van der Waals surface area contributed by atoms with Crippen molar-refractivity contribution in [2.75, 3.05) is 20.0 Å². The van der Waals surface area contributed by atoms with Gasteiger partial charge in [0.2, 0.25) is 0 Å². The first-order valence-electron chi connectivity index (χ1n) is 10.3. The first kappa shape index (κ1) is 22.4. The minimum absolute atomic E-state index is 0.653. The highest BCUT2D eigenvalue weighted by Crippen LogP contribution is 2.55. The van der Waals surface area contributed by atoms with Crippen molar-refractivity contribution in [1.82, 2.24) is 0 Å². The summed E-state index contributed by atoms with van der Waals surface area (Å²) in [6.07, 6.45) is 21.9. The van der Waals surface area contributed by atoms with Crippen LogP contribution in [-0.4, -0.2) is 25.7 Å². The maximum absolute atomic E-state index is 2.57. The molecule has 0 amide bonds. The maximum atomic E-state index is 2.57. The van der Waals surface area contributed by atoms with E-state index >= 15 is 0 Å². The molecule has 0 N–H and O–H groups in total. The number of hydrogen-bond donors (Lipinski definition) is 0. The Labute approximate surface area is 143 Å². The molecule has 0 saturated carbocycles. The van der Waals surface area contributed by atoms with Crippen molar-refractivity contribution in [2.45, 2.75) is 116 Å². The van der Waals surface area contributed by atoms with E-state index < -0.39 is 7.26 Å². The number of hydrogen-bond acceptors (Lipinski definition) is 0. The molecule has 0 spiro atoms. The van der Waals surface area contributed by atoms with Gasteiger partial charge in [-0.2, -0.15) is 0 Å². The summed E-state index contributed by atoms with van der Waals surface area (Å²) in [7, 11) is -0.653. The lowest BCUT2D eigenvalue weighted by molar-refractivity contribution is 0.534. The second-order valence-corrected chi connectivity index (χ2v) is 13.2. The third-order valence-electron chi connectivity index (χ3n) is 5.13. The second kappa shape index (κ2) is 15.0. The molecule has 0 bridgehead atoms. The van der Waals surface area contributed by atoms with Gasteiger partial charge < -0.3 is 0 Å². The van der Waals surface area contributed by atoms with Gasteiger partial charge in [-0.3, -0.25) is 0 Å². The van der Waals surface area contributed by atoms with Gasteiger partial charge in [-0.1, -0.05) is 84.5 Å². The quantitative estimate of drug-likeness (QED) is 0.198. The van der Waals surface area contributed by atoms with Crippen LogP contribution in [-0.2, 0) is 0 Å². The van der Waals surface area contributed by atoms with Gasteiger partial charge >= 0.3 is 0 Å². The van der Waals surface area contributed by atoms with E-state index in [4.69, 9.17) is 0 Å². The molecule has 0 aromatic rings. The second-order valence-electron chi connectivity index (χ2n) is 8.24. The minimum Gasteiger partial charge on any atom is -0.0654 e. The van der Waals surface area contributed by atoms with Crippen molar-refractivity contribution in [3.8, 4) is 0 Å². The first-order chi connectivity index (χ1) is 10.5. The van der Waals surface area contributed by atoms with Gasteiger partial charge in [0.05, 0.1) is 5.66 Å². The van der Waals surface area contributed by atoms with Gasteiger partial charge in [-0.05, 0) is 25.7 Å². The summed E-state index contributed by atoms with van der Waals surface area (Å²) in [6, 6.07) is 0. The normalized spacial score (nSPS) is 13.5. The van der Waals surface area contributed by atoms with Crippen LogP contribution in [0.2, 0.25) is 0 Å². The molecule has 1 atom stereocenters.